The van der Waals surface area contributed by atoms with E-state index in [2.05, 4.69) is 35.1 Å². The molecule has 0 aromatic heterocycles. The van der Waals surface area contributed by atoms with Crippen LogP contribution in [0.5, 0.6) is 0 Å². The highest BCUT2D eigenvalue weighted by Gasteiger charge is 2.46. The minimum Gasteiger partial charge on any atom is -0.756 e. The van der Waals surface area contributed by atoms with Gasteiger partial charge in [0.25, 0.3) is 19.2 Å². The van der Waals surface area contributed by atoms with E-state index in [9.17, 15) is 54.1 Å². The van der Waals surface area contributed by atoms with Gasteiger partial charge < -0.3 is 49.4 Å². The fraction of sp³-hybridized carbons (Fsp3) is 0.828. The van der Waals surface area contributed by atoms with Crippen molar-refractivity contribution in [2.75, 3.05) is 63.3 Å². The maximum absolute atomic E-state index is 12.9. The number of esters is 2. The number of piperidine rings is 1. The van der Waals surface area contributed by atoms with Crippen LogP contribution in [0.2, 0.25) is 0 Å². The summed E-state index contributed by atoms with van der Waals surface area (Å²) in [7, 11) is -4.99. The van der Waals surface area contributed by atoms with Crippen molar-refractivity contribution in [3.8, 4) is 0 Å². The number of nitro groups is 2. The van der Waals surface area contributed by atoms with E-state index < -0.39 is 103 Å². The van der Waals surface area contributed by atoms with Crippen LogP contribution in [0.1, 0.15) is 234 Å². The Kier molecular flexibility index (Phi) is 38.0. The van der Waals surface area contributed by atoms with Crippen molar-refractivity contribution in [3.05, 3.63) is 32.4 Å². The van der Waals surface area contributed by atoms with Crippen LogP contribution in [0, 0.1) is 20.2 Å². The number of phosphoric ester groups is 1. The number of hydrogen-bond acceptors (Lipinski definition) is 18. The molecule has 24 heteroatoms. The topological polar surface area (TPSA) is 312 Å². The molecule has 0 saturated carbocycles. The summed E-state index contributed by atoms with van der Waals surface area (Å²) in [6.07, 6.45) is 29.8. The van der Waals surface area contributed by atoms with Gasteiger partial charge in [0.05, 0.1) is 29.1 Å². The second kappa shape index (κ2) is 42.3. The molecule has 0 aliphatic carbocycles. The zero-order valence-corrected chi connectivity index (χ0v) is 51.4. The van der Waals surface area contributed by atoms with Crippen molar-refractivity contribution in [2.45, 2.75) is 257 Å². The lowest BCUT2D eigenvalue weighted by Gasteiger charge is -2.50. The first kappa shape index (κ1) is 73.6. The fourth-order valence-corrected chi connectivity index (χ4v) is 11.0. The van der Waals surface area contributed by atoms with Crippen LogP contribution in [-0.4, -0.2) is 115 Å². The zero-order chi connectivity index (χ0) is 60.7. The second-order valence-corrected chi connectivity index (χ2v) is 24.5. The fourth-order valence-electron chi connectivity index (χ4n) is 10.2. The van der Waals surface area contributed by atoms with Gasteiger partial charge in [0.15, 0.2) is 6.10 Å². The Morgan fingerprint density at radius 3 is 1.50 bits per heavy atom. The van der Waals surface area contributed by atoms with Gasteiger partial charge in [-0.1, -0.05) is 168 Å². The van der Waals surface area contributed by atoms with Gasteiger partial charge in [-0.2, -0.15) is 0 Å². The summed E-state index contributed by atoms with van der Waals surface area (Å²) in [6, 6.07) is 1.74. The van der Waals surface area contributed by atoms with Crippen molar-refractivity contribution in [1.82, 2.24) is 15.7 Å². The Balaban J connectivity index is 1.77. The van der Waals surface area contributed by atoms with E-state index in [0.29, 0.717) is 25.7 Å². The van der Waals surface area contributed by atoms with Gasteiger partial charge in [-0.05, 0) is 59.4 Å². The standard InChI is InChI=1S/C58H103N7O16P/c1-7-9-11-13-15-17-19-21-23-25-27-29-31-33-55(68)78-43-48(81-56(69)34-32-30-28-26-24-22-20-18-16-14-12-10-8-2)44-80-82(75,76)79-38-37-61-54(67)46-77-45-53(66)60-36-35-59-49-39-50(52(64(72)73)40-51(49)63(70)71)62-47-41-57(3,4)65(74)58(5,6)42-47/h39-40,47-48,59,62H,7-38,41-46H2,1-6H3,(H,60,66)(H,61,67)(H,75,76)/p-1. The number of hydroxylamine groups is 2. The zero-order valence-electron chi connectivity index (χ0n) is 50.5. The quantitative estimate of drug-likeness (QED) is 0.0155. The van der Waals surface area contributed by atoms with Crippen molar-refractivity contribution in [3.63, 3.8) is 0 Å². The number of nitrogens with zero attached hydrogens (tertiary/aromatic N) is 3. The predicted octanol–water partition coefficient (Wildman–Crippen LogP) is 11.9. The van der Waals surface area contributed by atoms with E-state index in [4.69, 9.17) is 23.3 Å². The molecular formula is C58H102N7O16P-. The number of carbonyl (C=O) groups excluding carboxylic acids is 4. The molecular weight excluding hydrogens is 1080 g/mol. The van der Waals surface area contributed by atoms with Gasteiger partial charge in [0.1, 0.15) is 31.2 Å². The highest BCUT2D eigenvalue weighted by atomic mass is 31.2. The van der Waals surface area contributed by atoms with E-state index in [1.54, 1.807) is 27.7 Å². The summed E-state index contributed by atoms with van der Waals surface area (Å²) in [5.74, 6) is -2.38. The number of anilines is 2. The molecule has 1 aliphatic heterocycles. The van der Waals surface area contributed by atoms with Crippen LogP contribution < -0.4 is 26.2 Å². The maximum Gasteiger partial charge on any atom is 0.306 e. The summed E-state index contributed by atoms with van der Waals surface area (Å²) in [5.41, 5.74) is -2.67. The molecule has 1 aromatic carbocycles. The van der Waals surface area contributed by atoms with E-state index in [-0.39, 0.29) is 49.9 Å². The Morgan fingerprint density at radius 2 is 1.04 bits per heavy atom. The lowest BCUT2D eigenvalue weighted by Crippen LogP contribution is -2.60. The van der Waals surface area contributed by atoms with Crippen molar-refractivity contribution in [2.24, 2.45) is 0 Å². The Labute approximate surface area is 488 Å². The lowest BCUT2D eigenvalue weighted by molar-refractivity contribution is -0.393. The normalized spacial score (nSPS) is 15.3. The molecule has 0 bridgehead atoms. The molecule has 2 unspecified atom stereocenters. The highest BCUT2D eigenvalue weighted by molar-refractivity contribution is 7.45. The first-order chi connectivity index (χ1) is 39.1. The molecule has 0 spiro atoms. The number of nitro benzene ring substituents is 2. The van der Waals surface area contributed by atoms with Crippen LogP contribution in [0.4, 0.5) is 22.7 Å². The summed E-state index contributed by atoms with van der Waals surface area (Å²) in [4.78, 5) is 85.4. The summed E-state index contributed by atoms with van der Waals surface area (Å²) in [6.45, 7) is 8.45. The van der Waals surface area contributed by atoms with Gasteiger partial charge in [0, 0.05) is 49.6 Å². The summed E-state index contributed by atoms with van der Waals surface area (Å²) in [5, 5.41) is 48.7. The van der Waals surface area contributed by atoms with Gasteiger partial charge in [-0.25, -0.2) is 0 Å². The average molecular weight is 1180 g/mol. The number of unbranched alkanes of at least 4 members (excludes halogenated alkanes) is 24. The molecule has 471 valence electrons. The van der Waals surface area contributed by atoms with E-state index in [0.717, 1.165) is 56.1 Å². The molecule has 1 aliphatic rings. The van der Waals surface area contributed by atoms with E-state index in [1.165, 1.54) is 115 Å². The molecule has 2 amide bonds. The van der Waals surface area contributed by atoms with Crippen LogP contribution in [-0.2, 0) is 52.2 Å². The number of phosphoric acid groups is 1. The van der Waals surface area contributed by atoms with Crippen LogP contribution in [0.25, 0.3) is 0 Å². The Hall–Kier alpha value is -4.51. The number of rotatable bonds is 50. The van der Waals surface area contributed by atoms with Gasteiger partial charge in [-0.3, -0.25) is 44.0 Å². The molecule has 4 N–H and O–H groups in total. The van der Waals surface area contributed by atoms with Crippen LogP contribution >= 0.6 is 7.82 Å². The summed E-state index contributed by atoms with van der Waals surface area (Å²) >= 11 is 0. The Morgan fingerprint density at radius 1 is 0.610 bits per heavy atom. The van der Waals surface area contributed by atoms with Crippen molar-refractivity contribution < 1.29 is 66.9 Å². The number of ether oxygens (including phenoxy) is 3. The number of amides is 2. The number of hydrogen-bond donors (Lipinski definition) is 4. The third-order valence-electron chi connectivity index (χ3n) is 14.5. The molecule has 1 radical (unpaired) electrons. The van der Waals surface area contributed by atoms with Gasteiger partial charge in [-0.15, -0.1) is 10.3 Å². The van der Waals surface area contributed by atoms with E-state index >= 15 is 0 Å². The molecule has 1 aromatic rings. The van der Waals surface area contributed by atoms with Gasteiger partial charge >= 0.3 is 11.9 Å². The Bertz CT molecular complexity index is 2050. The molecule has 1 saturated heterocycles. The molecule has 2 atom stereocenters. The third kappa shape index (κ3) is 33.7. The molecule has 82 heavy (non-hydrogen) atoms. The predicted molar refractivity (Wildman–Crippen MR) is 313 cm³/mol. The molecule has 2 rings (SSSR count). The first-order valence-electron chi connectivity index (χ1n) is 30.6. The van der Waals surface area contributed by atoms with Crippen molar-refractivity contribution in [1.29, 1.82) is 0 Å². The maximum atomic E-state index is 12.9. The number of carbonyl (C=O) groups is 4. The van der Waals surface area contributed by atoms with Crippen molar-refractivity contribution >= 4 is 54.3 Å². The summed E-state index contributed by atoms with van der Waals surface area (Å²) < 4.78 is 38.7. The lowest BCUT2D eigenvalue weighted by atomic mass is 9.79. The van der Waals surface area contributed by atoms with Crippen LogP contribution in [0.3, 0.4) is 0 Å². The second-order valence-electron chi connectivity index (χ2n) is 23.0. The van der Waals surface area contributed by atoms with Gasteiger partial charge in [0.2, 0.25) is 11.8 Å². The smallest absolute Gasteiger partial charge is 0.306 e. The monoisotopic (exact) mass is 1180 g/mol. The minimum absolute atomic E-state index is 0.0239. The first-order valence-corrected chi connectivity index (χ1v) is 32.1. The largest absolute Gasteiger partial charge is 0.756 e. The molecule has 23 nitrogen and oxygen atoms in total. The molecule has 1 heterocycles. The molecule has 1 fully saturated rings. The van der Waals surface area contributed by atoms with Crippen LogP contribution in [0.15, 0.2) is 12.1 Å². The van der Waals surface area contributed by atoms with E-state index in [1.807, 2.05) is 0 Å². The average Bonchev–Trinajstić information content (AvgIpc) is 3.62. The minimum atomic E-state index is -4.99. The highest BCUT2D eigenvalue weighted by Crippen LogP contribution is 2.42. The number of nitrogens with one attached hydrogen (secondary N) is 4. The number of benzene rings is 1. The SMILES string of the molecule is CCCCCCCCCCCCCCCC(=O)OCC(COP(=O)([O-])OCCNC(=O)COCC(=O)NCCNc1cc(NC2CC(C)(C)N([O])C(C)(C)C2)c([N+](=O)[O-])cc1[N+](=O)[O-])OC(=O)CCCCCCCCCCCCCCC. The third-order valence-corrected chi connectivity index (χ3v) is 15.4.